The van der Waals surface area contributed by atoms with Crippen molar-refractivity contribution in [3.8, 4) is 0 Å². The van der Waals surface area contributed by atoms with E-state index >= 15 is 0 Å². The highest BCUT2D eigenvalue weighted by molar-refractivity contribution is 6.35. The molecule has 1 aliphatic heterocycles. The van der Waals surface area contributed by atoms with E-state index in [4.69, 9.17) is 0 Å². The lowest BCUT2D eigenvalue weighted by atomic mass is 10.0. The molecule has 0 atom stereocenters. The molecule has 1 N–H and O–H groups in total. The minimum absolute atomic E-state index is 0.0916. The molecule has 0 unspecified atom stereocenters. The average molecular weight is 373 g/mol. The summed E-state index contributed by atoms with van der Waals surface area (Å²) in [7, 11) is 0. The van der Waals surface area contributed by atoms with Gasteiger partial charge in [-0.1, -0.05) is 36.4 Å². The molecule has 0 aliphatic carbocycles. The van der Waals surface area contributed by atoms with E-state index in [1.807, 2.05) is 84.1 Å². The smallest absolute Gasteiger partial charge is 0.256 e. The van der Waals surface area contributed by atoms with Gasteiger partial charge in [-0.15, -0.1) is 0 Å². The van der Waals surface area contributed by atoms with Gasteiger partial charge in [-0.05, 0) is 32.1 Å². The summed E-state index contributed by atoms with van der Waals surface area (Å²) in [6.07, 6.45) is 3.88. The van der Waals surface area contributed by atoms with E-state index in [1.54, 1.807) is 0 Å². The first-order valence-electron chi connectivity index (χ1n) is 9.60. The van der Waals surface area contributed by atoms with Crippen molar-refractivity contribution in [2.24, 2.45) is 0 Å². The van der Waals surface area contributed by atoms with Gasteiger partial charge in [-0.3, -0.25) is 9.59 Å². The van der Waals surface area contributed by atoms with Crippen molar-refractivity contribution in [2.75, 3.05) is 18.4 Å². The lowest BCUT2D eigenvalue weighted by Crippen LogP contribution is -2.33. The molecule has 28 heavy (non-hydrogen) atoms. The highest BCUT2D eigenvalue weighted by Crippen LogP contribution is 2.34. The van der Waals surface area contributed by atoms with Gasteiger partial charge in [0.25, 0.3) is 5.91 Å². The number of anilines is 1. The van der Waals surface area contributed by atoms with Crippen LogP contribution in [0.4, 0.5) is 5.69 Å². The van der Waals surface area contributed by atoms with E-state index in [9.17, 15) is 9.59 Å². The van der Waals surface area contributed by atoms with Gasteiger partial charge >= 0.3 is 0 Å². The minimum Gasteiger partial charge on any atom is -0.342 e. The fraction of sp³-hybridized carbons (Fsp3) is 0.217. The van der Waals surface area contributed by atoms with Crippen LogP contribution in [0.5, 0.6) is 0 Å². The molecule has 4 rings (SSSR count). The first-order valence-corrected chi connectivity index (χ1v) is 9.60. The molecule has 0 saturated carbocycles. The molecule has 1 aliphatic rings. The molecule has 5 heteroatoms. The molecule has 3 aromatic rings. The Morgan fingerprint density at radius 1 is 1.07 bits per heavy atom. The number of carbonyl (C=O) groups is 2. The maximum atomic E-state index is 12.6. The number of hydrogen-bond acceptors (Lipinski definition) is 2. The van der Waals surface area contributed by atoms with Crippen LogP contribution in [-0.4, -0.2) is 34.4 Å². The zero-order valence-electron chi connectivity index (χ0n) is 16.1. The number of amides is 2. The number of carbonyl (C=O) groups excluding carboxylic acids is 2. The number of para-hydroxylation sites is 2. The summed E-state index contributed by atoms with van der Waals surface area (Å²) in [4.78, 5) is 26.9. The largest absolute Gasteiger partial charge is 0.342 e. The van der Waals surface area contributed by atoms with E-state index in [0.29, 0.717) is 18.7 Å². The highest BCUT2D eigenvalue weighted by Gasteiger charge is 2.24. The lowest BCUT2D eigenvalue weighted by Gasteiger charge is -2.19. The minimum atomic E-state index is -0.0998. The Bertz CT molecular complexity index is 1090. The molecular weight excluding hydrogens is 350 g/mol. The number of rotatable bonds is 5. The third-order valence-corrected chi connectivity index (χ3v) is 5.25. The Kier molecular flexibility index (Phi) is 4.74. The number of aromatic nitrogens is 1. The lowest BCUT2D eigenvalue weighted by molar-refractivity contribution is -0.131. The van der Waals surface area contributed by atoms with E-state index in [0.717, 1.165) is 27.7 Å². The van der Waals surface area contributed by atoms with Gasteiger partial charge in [-0.2, -0.15) is 0 Å². The molecule has 5 nitrogen and oxygen atoms in total. The maximum absolute atomic E-state index is 12.6. The van der Waals surface area contributed by atoms with Crippen LogP contribution in [0.25, 0.3) is 22.6 Å². The molecule has 2 amide bonds. The predicted octanol–water partition coefficient (Wildman–Crippen LogP) is 4.00. The molecular formula is C23H23N3O2. The summed E-state index contributed by atoms with van der Waals surface area (Å²) in [6.45, 7) is 5.65. The molecule has 2 heterocycles. The Hall–Kier alpha value is -3.34. The topological polar surface area (TPSA) is 54.3 Å². The van der Waals surface area contributed by atoms with Gasteiger partial charge < -0.3 is 14.8 Å². The standard InChI is InChI=1S/C23H23N3O2/c1-3-25(4-2)22(27)15-26-14-16(17-9-6-8-12-21(17)26)13-19-18-10-5-7-11-20(18)24-23(19)28/h5-14H,3-4,15H2,1-2H3,(H,24,28). The summed E-state index contributed by atoms with van der Waals surface area (Å²) in [5, 5.41) is 3.94. The van der Waals surface area contributed by atoms with Crippen LogP contribution in [-0.2, 0) is 16.1 Å². The summed E-state index contributed by atoms with van der Waals surface area (Å²) >= 11 is 0. The van der Waals surface area contributed by atoms with Crippen LogP contribution >= 0.6 is 0 Å². The number of hydrogen-bond donors (Lipinski definition) is 1. The van der Waals surface area contributed by atoms with Crippen LogP contribution in [0.15, 0.2) is 54.7 Å². The molecule has 0 saturated heterocycles. The third-order valence-electron chi connectivity index (χ3n) is 5.25. The number of nitrogens with one attached hydrogen (secondary N) is 1. The van der Waals surface area contributed by atoms with E-state index < -0.39 is 0 Å². The molecule has 0 spiro atoms. The molecule has 0 bridgehead atoms. The summed E-state index contributed by atoms with van der Waals surface area (Å²) in [6, 6.07) is 15.7. The zero-order chi connectivity index (χ0) is 19.7. The first-order chi connectivity index (χ1) is 13.6. The number of nitrogens with zero attached hydrogens (tertiary/aromatic N) is 2. The van der Waals surface area contributed by atoms with E-state index in [1.165, 1.54) is 0 Å². The Balaban J connectivity index is 1.77. The van der Waals surface area contributed by atoms with Crippen molar-refractivity contribution in [1.29, 1.82) is 0 Å². The fourth-order valence-corrected chi connectivity index (χ4v) is 3.78. The van der Waals surface area contributed by atoms with Crippen molar-refractivity contribution in [2.45, 2.75) is 20.4 Å². The number of likely N-dealkylation sites (N-methyl/N-ethyl adjacent to an activating group) is 1. The second-order valence-corrected chi connectivity index (χ2v) is 6.85. The summed E-state index contributed by atoms with van der Waals surface area (Å²) in [5.74, 6) is -0.00819. The molecule has 2 aromatic carbocycles. The maximum Gasteiger partial charge on any atom is 0.256 e. The Labute approximate surface area is 164 Å². The third kappa shape index (κ3) is 3.09. The highest BCUT2D eigenvalue weighted by atomic mass is 16.2. The van der Waals surface area contributed by atoms with Gasteiger partial charge in [0.1, 0.15) is 6.54 Å². The average Bonchev–Trinajstić information content (AvgIpc) is 3.21. The van der Waals surface area contributed by atoms with Crippen molar-refractivity contribution < 1.29 is 9.59 Å². The Morgan fingerprint density at radius 2 is 1.79 bits per heavy atom. The van der Waals surface area contributed by atoms with Gasteiger partial charge in [0.2, 0.25) is 5.91 Å². The van der Waals surface area contributed by atoms with Crippen LogP contribution < -0.4 is 5.32 Å². The van der Waals surface area contributed by atoms with Crippen molar-refractivity contribution in [3.63, 3.8) is 0 Å². The monoisotopic (exact) mass is 373 g/mol. The van der Waals surface area contributed by atoms with Crippen LogP contribution in [0.2, 0.25) is 0 Å². The SMILES string of the molecule is CCN(CC)C(=O)Cn1cc(C=C2C(=O)Nc3ccccc32)c2ccccc21. The van der Waals surface area contributed by atoms with Gasteiger partial charge in [-0.25, -0.2) is 0 Å². The number of benzene rings is 2. The molecule has 0 radical (unpaired) electrons. The van der Waals surface area contributed by atoms with Crippen molar-refractivity contribution in [3.05, 3.63) is 65.9 Å². The first kappa shape index (κ1) is 18.0. The molecule has 0 fully saturated rings. The quantitative estimate of drug-likeness (QED) is 0.687. The number of fused-ring (bicyclic) bond motifs is 2. The van der Waals surface area contributed by atoms with Crippen molar-refractivity contribution in [1.82, 2.24) is 9.47 Å². The summed E-state index contributed by atoms with van der Waals surface area (Å²) < 4.78 is 1.97. The van der Waals surface area contributed by atoms with Crippen LogP contribution in [0.3, 0.4) is 0 Å². The van der Waals surface area contributed by atoms with Gasteiger partial charge in [0.15, 0.2) is 0 Å². The normalized spacial score (nSPS) is 14.4. The van der Waals surface area contributed by atoms with E-state index in [2.05, 4.69) is 5.32 Å². The fourth-order valence-electron chi connectivity index (χ4n) is 3.78. The zero-order valence-corrected chi connectivity index (χ0v) is 16.1. The van der Waals surface area contributed by atoms with Crippen molar-refractivity contribution >= 4 is 40.1 Å². The summed E-state index contributed by atoms with van der Waals surface area (Å²) in [5.41, 5.74) is 4.31. The van der Waals surface area contributed by atoms with Crippen LogP contribution in [0.1, 0.15) is 25.0 Å². The second kappa shape index (κ2) is 7.35. The molecule has 142 valence electrons. The van der Waals surface area contributed by atoms with Crippen LogP contribution in [0, 0.1) is 0 Å². The van der Waals surface area contributed by atoms with Gasteiger partial charge in [0, 0.05) is 52.6 Å². The second-order valence-electron chi connectivity index (χ2n) is 6.85. The van der Waals surface area contributed by atoms with E-state index in [-0.39, 0.29) is 18.4 Å². The Morgan fingerprint density at radius 3 is 2.57 bits per heavy atom. The molecule has 1 aromatic heterocycles. The predicted molar refractivity (Wildman–Crippen MR) is 113 cm³/mol. The van der Waals surface area contributed by atoms with Gasteiger partial charge in [0.05, 0.1) is 0 Å².